The number of amides is 1. The lowest BCUT2D eigenvalue weighted by Gasteiger charge is -2.14. The predicted molar refractivity (Wildman–Crippen MR) is 73.6 cm³/mol. The predicted octanol–water partition coefficient (Wildman–Crippen LogP) is 3.69. The second kappa shape index (κ2) is 7.04. The van der Waals surface area contributed by atoms with E-state index in [0.717, 1.165) is 12.0 Å². The number of carbonyl (C=O) groups is 1. The van der Waals surface area contributed by atoms with Gasteiger partial charge in [-0.05, 0) is 37.3 Å². The first-order valence-electron chi connectivity index (χ1n) is 6.55. The third-order valence-corrected chi connectivity index (χ3v) is 2.73. The molecule has 0 saturated carbocycles. The van der Waals surface area contributed by atoms with E-state index in [1.54, 1.807) is 6.92 Å². The Morgan fingerprint density at radius 3 is 2.33 bits per heavy atom. The molecular formula is C15H23NO2. The molecule has 1 rings (SSSR count). The van der Waals surface area contributed by atoms with E-state index in [2.05, 4.69) is 43.4 Å². The summed E-state index contributed by atoms with van der Waals surface area (Å²) < 4.78 is 4.86. The minimum absolute atomic E-state index is 0.0304. The quantitative estimate of drug-likeness (QED) is 0.864. The second-order valence-electron chi connectivity index (χ2n) is 4.93. The van der Waals surface area contributed by atoms with Crippen molar-refractivity contribution in [1.82, 2.24) is 5.32 Å². The average molecular weight is 249 g/mol. The highest BCUT2D eigenvalue weighted by molar-refractivity contribution is 5.67. The van der Waals surface area contributed by atoms with Crippen LogP contribution in [0.5, 0.6) is 0 Å². The lowest BCUT2D eigenvalue weighted by molar-refractivity contribution is 0.149. The van der Waals surface area contributed by atoms with Gasteiger partial charge in [0.2, 0.25) is 0 Å². The monoisotopic (exact) mass is 249 g/mol. The summed E-state index contributed by atoms with van der Waals surface area (Å²) >= 11 is 0. The van der Waals surface area contributed by atoms with Crippen molar-refractivity contribution in [2.45, 2.75) is 40.2 Å². The molecule has 0 fully saturated rings. The molecule has 1 aromatic carbocycles. The van der Waals surface area contributed by atoms with E-state index in [9.17, 15) is 4.79 Å². The first-order chi connectivity index (χ1) is 8.52. The van der Waals surface area contributed by atoms with Crippen LogP contribution < -0.4 is 5.32 Å². The van der Waals surface area contributed by atoms with Gasteiger partial charge >= 0.3 is 6.09 Å². The first kappa shape index (κ1) is 14.6. The van der Waals surface area contributed by atoms with E-state index in [4.69, 9.17) is 4.74 Å². The van der Waals surface area contributed by atoms with Crippen molar-refractivity contribution >= 4 is 6.09 Å². The number of ether oxygens (including phenoxy) is 1. The molecule has 0 bridgehead atoms. The Balaban J connectivity index is 2.58. The Morgan fingerprint density at radius 1 is 1.22 bits per heavy atom. The van der Waals surface area contributed by atoms with Gasteiger partial charge in [0.15, 0.2) is 0 Å². The summed E-state index contributed by atoms with van der Waals surface area (Å²) in [6.07, 6.45) is 0.719. The lowest BCUT2D eigenvalue weighted by Crippen LogP contribution is -2.27. The van der Waals surface area contributed by atoms with Crippen LogP contribution in [0.25, 0.3) is 0 Å². The van der Waals surface area contributed by atoms with Crippen LogP contribution in [0.4, 0.5) is 4.79 Å². The van der Waals surface area contributed by atoms with Crippen molar-refractivity contribution in [3.05, 3.63) is 35.4 Å². The van der Waals surface area contributed by atoms with Crippen molar-refractivity contribution in [3.8, 4) is 0 Å². The number of benzene rings is 1. The van der Waals surface area contributed by atoms with Crippen LogP contribution >= 0.6 is 0 Å². The first-order valence-corrected chi connectivity index (χ1v) is 6.55. The van der Waals surface area contributed by atoms with Gasteiger partial charge in [-0.15, -0.1) is 0 Å². The molecule has 1 aromatic rings. The van der Waals surface area contributed by atoms with E-state index < -0.39 is 0 Å². The highest BCUT2D eigenvalue weighted by Gasteiger charge is 2.09. The van der Waals surface area contributed by atoms with Crippen LogP contribution in [-0.4, -0.2) is 12.7 Å². The van der Waals surface area contributed by atoms with E-state index >= 15 is 0 Å². The maximum absolute atomic E-state index is 11.3. The van der Waals surface area contributed by atoms with E-state index in [-0.39, 0.29) is 12.1 Å². The molecule has 18 heavy (non-hydrogen) atoms. The molecule has 1 atom stereocenters. The van der Waals surface area contributed by atoms with Crippen LogP contribution in [0.15, 0.2) is 24.3 Å². The van der Waals surface area contributed by atoms with Crippen molar-refractivity contribution in [2.75, 3.05) is 6.61 Å². The second-order valence-corrected chi connectivity index (χ2v) is 4.93. The van der Waals surface area contributed by atoms with Gasteiger partial charge in [0.25, 0.3) is 0 Å². The summed E-state index contributed by atoms with van der Waals surface area (Å²) in [5.41, 5.74) is 2.42. The van der Waals surface area contributed by atoms with Crippen LogP contribution in [0.1, 0.15) is 44.9 Å². The fraction of sp³-hybridized carbons (Fsp3) is 0.533. The molecule has 0 aliphatic rings. The minimum Gasteiger partial charge on any atom is -0.450 e. The molecule has 1 N–H and O–H groups in total. The van der Waals surface area contributed by atoms with Crippen LogP contribution in [-0.2, 0) is 11.2 Å². The van der Waals surface area contributed by atoms with Gasteiger partial charge in [-0.2, -0.15) is 0 Å². The van der Waals surface area contributed by atoms with Crippen molar-refractivity contribution in [1.29, 1.82) is 0 Å². The highest BCUT2D eigenvalue weighted by Crippen LogP contribution is 2.15. The average Bonchev–Trinajstić information content (AvgIpc) is 2.29. The Bertz CT molecular complexity index is 371. The number of alkyl carbamates (subject to hydrolysis) is 1. The smallest absolute Gasteiger partial charge is 0.407 e. The maximum Gasteiger partial charge on any atom is 0.407 e. The van der Waals surface area contributed by atoms with Crippen molar-refractivity contribution in [3.63, 3.8) is 0 Å². The van der Waals surface area contributed by atoms with Gasteiger partial charge < -0.3 is 10.1 Å². The molecule has 0 radical (unpaired) electrons. The zero-order valence-corrected chi connectivity index (χ0v) is 11.7. The van der Waals surface area contributed by atoms with Gasteiger partial charge in [0.1, 0.15) is 0 Å². The maximum atomic E-state index is 11.3. The van der Waals surface area contributed by atoms with Gasteiger partial charge in [-0.1, -0.05) is 38.1 Å². The topological polar surface area (TPSA) is 38.3 Å². The molecule has 0 saturated heterocycles. The standard InChI is InChI=1S/C15H23NO2/c1-5-18-15(17)16-12(4)14-8-6-13(7-9-14)10-11(2)3/h6-9,11-12H,5,10H2,1-4H3,(H,16,17)/t12-/m0/s1. The summed E-state index contributed by atoms with van der Waals surface area (Å²) in [5.74, 6) is 0.658. The molecule has 0 heterocycles. The highest BCUT2D eigenvalue weighted by atomic mass is 16.5. The van der Waals surface area contributed by atoms with Gasteiger partial charge in [-0.25, -0.2) is 4.79 Å². The Kier molecular flexibility index (Phi) is 5.69. The molecule has 0 aromatic heterocycles. The zero-order chi connectivity index (χ0) is 13.5. The normalized spacial score (nSPS) is 12.3. The summed E-state index contributed by atoms with van der Waals surface area (Å²) in [7, 11) is 0. The zero-order valence-electron chi connectivity index (χ0n) is 11.7. The number of hydrogen-bond acceptors (Lipinski definition) is 2. The Hall–Kier alpha value is -1.51. The summed E-state index contributed by atoms with van der Waals surface area (Å²) in [4.78, 5) is 11.3. The molecule has 3 nitrogen and oxygen atoms in total. The minimum atomic E-state index is -0.365. The van der Waals surface area contributed by atoms with Gasteiger partial charge in [0, 0.05) is 0 Å². The molecule has 0 aliphatic carbocycles. The van der Waals surface area contributed by atoms with Gasteiger partial charge in [-0.3, -0.25) is 0 Å². The molecule has 1 amide bonds. The SMILES string of the molecule is CCOC(=O)N[C@@H](C)c1ccc(CC(C)C)cc1. The van der Waals surface area contributed by atoms with E-state index in [1.807, 2.05) is 6.92 Å². The molecule has 0 spiro atoms. The number of nitrogens with one attached hydrogen (secondary N) is 1. The molecular weight excluding hydrogens is 226 g/mol. The molecule has 0 aliphatic heterocycles. The lowest BCUT2D eigenvalue weighted by atomic mass is 10.00. The van der Waals surface area contributed by atoms with Crippen LogP contribution in [0.3, 0.4) is 0 Å². The number of carbonyl (C=O) groups excluding carboxylic acids is 1. The summed E-state index contributed by atoms with van der Waals surface area (Å²) in [6.45, 7) is 8.56. The Labute approximate surface area is 110 Å². The number of rotatable bonds is 5. The van der Waals surface area contributed by atoms with E-state index in [1.165, 1.54) is 5.56 Å². The van der Waals surface area contributed by atoms with Crippen LogP contribution in [0, 0.1) is 5.92 Å². The van der Waals surface area contributed by atoms with Gasteiger partial charge in [0.05, 0.1) is 12.6 Å². The third kappa shape index (κ3) is 4.78. The van der Waals surface area contributed by atoms with Crippen LogP contribution in [0.2, 0.25) is 0 Å². The summed E-state index contributed by atoms with van der Waals surface area (Å²) in [5, 5.41) is 2.80. The third-order valence-electron chi connectivity index (χ3n) is 2.73. The molecule has 3 heteroatoms. The fourth-order valence-corrected chi connectivity index (χ4v) is 1.85. The largest absolute Gasteiger partial charge is 0.450 e. The van der Waals surface area contributed by atoms with Crippen molar-refractivity contribution in [2.24, 2.45) is 5.92 Å². The fourth-order valence-electron chi connectivity index (χ4n) is 1.85. The van der Waals surface area contributed by atoms with Crippen molar-refractivity contribution < 1.29 is 9.53 Å². The Morgan fingerprint density at radius 2 is 1.83 bits per heavy atom. The summed E-state index contributed by atoms with van der Waals surface area (Å²) in [6, 6.07) is 8.35. The van der Waals surface area contributed by atoms with E-state index in [0.29, 0.717) is 12.5 Å². The molecule has 100 valence electrons. The number of hydrogen-bond donors (Lipinski definition) is 1. The molecule has 0 unspecified atom stereocenters.